The molecule has 8 nitrogen and oxygen atoms in total. The van der Waals surface area contributed by atoms with Crippen LogP contribution >= 0.6 is 0 Å². The van der Waals surface area contributed by atoms with Crippen molar-refractivity contribution >= 4 is 23.0 Å². The molecule has 1 amide bonds. The van der Waals surface area contributed by atoms with E-state index >= 15 is 0 Å². The summed E-state index contributed by atoms with van der Waals surface area (Å²) in [6.07, 6.45) is 3.23. The summed E-state index contributed by atoms with van der Waals surface area (Å²) in [5, 5.41) is 17.1. The van der Waals surface area contributed by atoms with Gasteiger partial charge in [0, 0.05) is 42.1 Å². The van der Waals surface area contributed by atoms with Gasteiger partial charge in [0.1, 0.15) is 18.0 Å². The molecule has 0 spiro atoms. The van der Waals surface area contributed by atoms with Gasteiger partial charge in [0.2, 0.25) is 0 Å². The second kappa shape index (κ2) is 14.5. The van der Waals surface area contributed by atoms with E-state index in [0.717, 1.165) is 33.3 Å². The zero-order valence-corrected chi connectivity index (χ0v) is 24.6. The Bertz CT molecular complexity index is 1440. The highest BCUT2D eigenvalue weighted by Crippen LogP contribution is 2.28. The SMILES string of the molecule is CC(C)(C)OC(=O)NCC(CCc1ccccc1OCc1ccccc1)N[C@@H](CCC(=O)O)c1c[nH]c2ccccc12. The van der Waals surface area contributed by atoms with E-state index in [0.29, 0.717) is 32.4 Å². The van der Waals surface area contributed by atoms with Crippen molar-refractivity contribution in [3.63, 3.8) is 0 Å². The van der Waals surface area contributed by atoms with Crippen molar-refractivity contribution in [1.29, 1.82) is 0 Å². The Morgan fingerprint density at radius 1 is 0.929 bits per heavy atom. The highest BCUT2D eigenvalue weighted by molar-refractivity contribution is 5.83. The molecular weight excluding hydrogens is 530 g/mol. The lowest BCUT2D eigenvalue weighted by Crippen LogP contribution is -2.44. The minimum atomic E-state index is -0.852. The summed E-state index contributed by atoms with van der Waals surface area (Å²) in [4.78, 5) is 27.4. The first-order valence-corrected chi connectivity index (χ1v) is 14.4. The molecule has 222 valence electrons. The average Bonchev–Trinajstić information content (AvgIpc) is 3.39. The smallest absolute Gasteiger partial charge is 0.407 e. The zero-order chi connectivity index (χ0) is 30.0. The predicted molar refractivity (Wildman–Crippen MR) is 165 cm³/mol. The van der Waals surface area contributed by atoms with Crippen molar-refractivity contribution in [3.05, 3.63) is 102 Å². The Balaban J connectivity index is 1.52. The van der Waals surface area contributed by atoms with Gasteiger partial charge in [-0.15, -0.1) is 0 Å². The van der Waals surface area contributed by atoms with E-state index in [1.165, 1.54) is 0 Å². The van der Waals surface area contributed by atoms with Crippen molar-refractivity contribution in [2.75, 3.05) is 6.54 Å². The fourth-order valence-electron chi connectivity index (χ4n) is 4.94. The highest BCUT2D eigenvalue weighted by atomic mass is 16.6. The third-order valence-electron chi connectivity index (χ3n) is 6.94. The predicted octanol–water partition coefficient (Wildman–Crippen LogP) is 6.77. The van der Waals surface area contributed by atoms with Gasteiger partial charge in [-0.3, -0.25) is 4.79 Å². The molecule has 0 aliphatic carbocycles. The van der Waals surface area contributed by atoms with Crippen molar-refractivity contribution in [3.8, 4) is 5.75 Å². The van der Waals surface area contributed by atoms with Gasteiger partial charge in [-0.05, 0) is 68.9 Å². The zero-order valence-electron chi connectivity index (χ0n) is 24.6. The molecule has 0 radical (unpaired) electrons. The molecule has 1 heterocycles. The molecule has 3 aromatic carbocycles. The number of amides is 1. The minimum Gasteiger partial charge on any atom is -0.489 e. The topological polar surface area (TPSA) is 113 Å². The van der Waals surface area contributed by atoms with Crippen LogP contribution < -0.4 is 15.4 Å². The molecular formula is C34H41N3O5. The number of fused-ring (bicyclic) bond motifs is 1. The quantitative estimate of drug-likeness (QED) is 0.133. The van der Waals surface area contributed by atoms with Crippen molar-refractivity contribution in [2.45, 2.75) is 70.7 Å². The molecule has 0 saturated heterocycles. The van der Waals surface area contributed by atoms with Gasteiger partial charge in [-0.2, -0.15) is 0 Å². The third-order valence-corrected chi connectivity index (χ3v) is 6.94. The number of ether oxygens (including phenoxy) is 2. The van der Waals surface area contributed by atoms with Crippen molar-refractivity contribution in [2.24, 2.45) is 0 Å². The largest absolute Gasteiger partial charge is 0.489 e. The van der Waals surface area contributed by atoms with E-state index in [-0.39, 0.29) is 18.5 Å². The lowest BCUT2D eigenvalue weighted by Gasteiger charge is -2.27. The molecule has 8 heteroatoms. The average molecular weight is 572 g/mol. The second-order valence-electron chi connectivity index (χ2n) is 11.4. The summed E-state index contributed by atoms with van der Waals surface area (Å²) in [6.45, 7) is 6.26. The Morgan fingerprint density at radius 2 is 1.64 bits per heavy atom. The third kappa shape index (κ3) is 9.38. The number of aromatic nitrogens is 1. The maximum absolute atomic E-state index is 12.6. The molecule has 0 aliphatic heterocycles. The van der Waals surface area contributed by atoms with E-state index in [4.69, 9.17) is 9.47 Å². The molecule has 4 rings (SSSR count). The van der Waals surface area contributed by atoms with Gasteiger partial charge >= 0.3 is 12.1 Å². The summed E-state index contributed by atoms with van der Waals surface area (Å²) in [7, 11) is 0. The first-order chi connectivity index (χ1) is 20.2. The monoisotopic (exact) mass is 571 g/mol. The number of carbonyl (C=O) groups excluding carboxylic acids is 1. The summed E-state index contributed by atoms with van der Waals surface area (Å²) in [5.74, 6) is -0.0335. The number of nitrogens with one attached hydrogen (secondary N) is 3. The van der Waals surface area contributed by atoms with Crippen LogP contribution in [0.3, 0.4) is 0 Å². The van der Waals surface area contributed by atoms with Crippen LogP contribution in [0.5, 0.6) is 5.75 Å². The number of rotatable bonds is 14. The van der Waals surface area contributed by atoms with E-state index in [1.54, 1.807) is 0 Å². The summed E-state index contributed by atoms with van der Waals surface area (Å²) in [5.41, 5.74) is 3.53. The van der Waals surface area contributed by atoms with Gasteiger partial charge in [-0.25, -0.2) is 4.79 Å². The van der Waals surface area contributed by atoms with Gasteiger partial charge in [-0.1, -0.05) is 66.7 Å². The summed E-state index contributed by atoms with van der Waals surface area (Å²) < 4.78 is 11.7. The molecule has 42 heavy (non-hydrogen) atoms. The van der Waals surface area contributed by atoms with Crippen molar-refractivity contribution in [1.82, 2.24) is 15.6 Å². The van der Waals surface area contributed by atoms with Gasteiger partial charge in [0.15, 0.2) is 0 Å². The molecule has 1 aromatic heterocycles. The number of H-pyrrole nitrogens is 1. The van der Waals surface area contributed by atoms with Crippen LogP contribution in [-0.4, -0.2) is 40.3 Å². The Labute approximate surface area is 247 Å². The normalized spacial score (nSPS) is 12.9. The number of aryl methyl sites for hydroxylation is 1. The summed E-state index contributed by atoms with van der Waals surface area (Å²) >= 11 is 0. The molecule has 0 saturated carbocycles. The van der Waals surface area contributed by atoms with Crippen LogP contribution in [0.1, 0.15) is 62.8 Å². The van der Waals surface area contributed by atoms with Crippen LogP contribution in [0.4, 0.5) is 4.79 Å². The first-order valence-electron chi connectivity index (χ1n) is 14.4. The highest BCUT2D eigenvalue weighted by Gasteiger charge is 2.23. The number of para-hydroxylation sites is 2. The number of alkyl carbamates (subject to hydrolysis) is 1. The number of carbonyl (C=O) groups is 2. The summed E-state index contributed by atoms with van der Waals surface area (Å²) in [6, 6.07) is 25.6. The lowest BCUT2D eigenvalue weighted by atomic mass is 9.98. The number of carboxylic acids is 1. The number of hydrogen-bond acceptors (Lipinski definition) is 5. The fraction of sp³-hybridized carbons (Fsp3) is 0.353. The lowest BCUT2D eigenvalue weighted by molar-refractivity contribution is -0.137. The molecule has 0 fully saturated rings. The van der Waals surface area contributed by atoms with E-state index in [9.17, 15) is 14.7 Å². The first kappa shape index (κ1) is 30.7. The maximum Gasteiger partial charge on any atom is 0.407 e. The van der Waals surface area contributed by atoms with Crippen LogP contribution in [0, 0.1) is 0 Å². The fourth-order valence-corrected chi connectivity index (χ4v) is 4.94. The van der Waals surface area contributed by atoms with Gasteiger partial charge in [0.25, 0.3) is 0 Å². The number of carboxylic acid groups (broad SMARTS) is 1. The minimum absolute atomic E-state index is 0.0134. The Morgan fingerprint density at radius 3 is 2.40 bits per heavy atom. The van der Waals surface area contributed by atoms with E-state index in [2.05, 4.69) is 21.7 Å². The molecule has 2 atom stereocenters. The standard InChI is InChI=1S/C34H41N3O5/c1-34(2,3)42-33(40)36-21-26(18-17-25-13-7-10-16-31(25)41-23-24-11-5-4-6-12-24)37-30(19-20-32(38)39)28-22-35-29-15-9-8-14-27(28)29/h4-16,22,26,30,35,37H,17-21,23H2,1-3H3,(H,36,40)(H,38,39)/t26?,30-/m0/s1. The van der Waals surface area contributed by atoms with Crippen LogP contribution in [0.25, 0.3) is 10.9 Å². The van der Waals surface area contributed by atoms with Crippen LogP contribution in [-0.2, 0) is 22.6 Å². The van der Waals surface area contributed by atoms with Gasteiger partial charge in [0.05, 0.1) is 0 Å². The van der Waals surface area contributed by atoms with Gasteiger partial charge < -0.3 is 30.2 Å². The number of benzene rings is 3. The molecule has 1 unspecified atom stereocenters. The van der Waals surface area contributed by atoms with E-state index < -0.39 is 17.7 Å². The molecule has 0 aliphatic rings. The number of aromatic amines is 1. The number of hydrogen-bond donors (Lipinski definition) is 4. The second-order valence-corrected chi connectivity index (χ2v) is 11.4. The molecule has 0 bridgehead atoms. The Hall–Kier alpha value is -4.30. The van der Waals surface area contributed by atoms with Crippen LogP contribution in [0.15, 0.2) is 85.1 Å². The Kier molecular flexibility index (Phi) is 10.6. The molecule has 4 N–H and O–H groups in total. The molecule has 4 aromatic rings. The maximum atomic E-state index is 12.6. The van der Waals surface area contributed by atoms with Crippen LogP contribution in [0.2, 0.25) is 0 Å². The van der Waals surface area contributed by atoms with Crippen molar-refractivity contribution < 1.29 is 24.2 Å². The van der Waals surface area contributed by atoms with E-state index in [1.807, 2.05) is 99.8 Å². The number of aliphatic carboxylic acids is 1.